The molecule has 0 atom stereocenters. The number of nitrogens with zero attached hydrogens (tertiary/aromatic N) is 4. The minimum absolute atomic E-state index is 0.194. The first-order valence-electron chi connectivity index (χ1n) is 7.25. The lowest BCUT2D eigenvalue weighted by Crippen LogP contribution is -2.56. The van der Waals surface area contributed by atoms with Crippen molar-refractivity contribution in [3.05, 3.63) is 17.8 Å². The lowest BCUT2D eigenvalue weighted by molar-refractivity contribution is -0.137. The molecule has 4 heterocycles. The van der Waals surface area contributed by atoms with Crippen molar-refractivity contribution in [1.29, 1.82) is 0 Å². The van der Waals surface area contributed by atoms with E-state index in [1.807, 2.05) is 16.3 Å². The van der Waals surface area contributed by atoms with Crippen molar-refractivity contribution in [2.24, 2.45) is 5.92 Å². The number of carbonyl (C=O) groups excluding carboxylic acids is 1. The molecule has 7 heteroatoms. The molecule has 1 N–H and O–H groups in total. The van der Waals surface area contributed by atoms with Crippen LogP contribution in [-0.2, 0) is 4.79 Å². The molecule has 0 saturated carbocycles. The monoisotopic (exact) mass is 303 g/mol. The predicted octanol–water partition coefficient (Wildman–Crippen LogP) is 0.559. The van der Waals surface area contributed by atoms with Crippen LogP contribution in [0.4, 0.5) is 5.82 Å². The Labute approximate surface area is 126 Å². The number of piperazine rings is 1. The number of amides is 1. The van der Waals surface area contributed by atoms with E-state index in [2.05, 4.69) is 20.2 Å². The molecule has 4 rings (SSSR count). The highest BCUT2D eigenvalue weighted by Gasteiger charge is 2.31. The van der Waals surface area contributed by atoms with Crippen LogP contribution < -0.4 is 10.2 Å². The Hall–Kier alpha value is -1.73. The van der Waals surface area contributed by atoms with Gasteiger partial charge in [-0.2, -0.15) is 0 Å². The van der Waals surface area contributed by atoms with Crippen LogP contribution in [0.3, 0.4) is 0 Å². The van der Waals surface area contributed by atoms with Gasteiger partial charge in [-0.25, -0.2) is 9.97 Å². The van der Waals surface area contributed by atoms with E-state index in [4.69, 9.17) is 0 Å². The number of carbonyl (C=O) groups is 1. The second-order valence-corrected chi connectivity index (χ2v) is 6.42. The molecule has 0 bridgehead atoms. The van der Waals surface area contributed by atoms with Crippen LogP contribution in [0.15, 0.2) is 17.8 Å². The topological polar surface area (TPSA) is 61.4 Å². The molecular formula is C14H17N5OS. The van der Waals surface area contributed by atoms with Crippen LogP contribution in [0.5, 0.6) is 0 Å². The highest BCUT2D eigenvalue weighted by atomic mass is 32.1. The summed E-state index contributed by atoms with van der Waals surface area (Å²) in [6.45, 7) is 4.92. The fraction of sp³-hybridized carbons (Fsp3) is 0.500. The second kappa shape index (κ2) is 5.23. The standard InChI is InChI=1S/C14H17N5OS/c20-14(10-7-15-8-10)19-4-2-18(3-5-19)13-12-11(1-6-21-12)16-9-17-13/h1,6,9-10,15H,2-5,7-8H2. The predicted molar refractivity (Wildman–Crippen MR) is 82.6 cm³/mol. The molecule has 0 aromatic carbocycles. The van der Waals surface area contributed by atoms with E-state index in [9.17, 15) is 4.79 Å². The number of rotatable bonds is 2. The zero-order valence-corrected chi connectivity index (χ0v) is 12.5. The molecule has 21 heavy (non-hydrogen) atoms. The number of nitrogens with one attached hydrogen (secondary N) is 1. The molecule has 2 aliphatic heterocycles. The second-order valence-electron chi connectivity index (χ2n) is 5.50. The Morgan fingerprint density at radius 1 is 1.24 bits per heavy atom. The van der Waals surface area contributed by atoms with Gasteiger partial charge in [-0.1, -0.05) is 0 Å². The molecule has 2 saturated heterocycles. The van der Waals surface area contributed by atoms with Gasteiger partial charge in [0.15, 0.2) is 0 Å². The Morgan fingerprint density at radius 2 is 2.05 bits per heavy atom. The van der Waals surface area contributed by atoms with Crippen LogP contribution in [0.2, 0.25) is 0 Å². The SMILES string of the molecule is O=C(C1CNC1)N1CCN(c2ncnc3ccsc23)CC1. The van der Waals surface area contributed by atoms with Crippen molar-refractivity contribution in [3.8, 4) is 0 Å². The molecule has 0 radical (unpaired) electrons. The Kier molecular flexibility index (Phi) is 3.23. The molecule has 0 spiro atoms. The van der Waals surface area contributed by atoms with Gasteiger partial charge in [0.05, 0.1) is 16.1 Å². The number of anilines is 1. The van der Waals surface area contributed by atoms with Crippen molar-refractivity contribution >= 4 is 33.3 Å². The molecule has 6 nitrogen and oxygen atoms in total. The van der Waals surface area contributed by atoms with Crippen LogP contribution in [0.25, 0.3) is 10.2 Å². The lowest BCUT2D eigenvalue weighted by atomic mass is 10.0. The Bertz CT molecular complexity index is 660. The van der Waals surface area contributed by atoms with Crippen LogP contribution in [-0.4, -0.2) is 60.0 Å². The van der Waals surface area contributed by atoms with Gasteiger partial charge in [-0.3, -0.25) is 4.79 Å². The maximum absolute atomic E-state index is 12.2. The molecule has 2 aromatic rings. The van der Waals surface area contributed by atoms with Gasteiger partial charge in [0.2, 0.25) is 5.91 Å². The average Bonchev–Trinajstić information content (AvgIpc) is 2.94. The Balaban J connectivity index is 1.47. The summed E-state index contributed by atoms with van der Waals surface area (Å²) in [5, 5.41) is 5.21. The summed E-state index contributed by atoms with van der Waals surface area (Å²) in [6, 6.07) is 2.02. The molecule has 2 fully saturated rings. The van der Waals surface area contributed by atoms with Crippen LogP contribution in [0.1, 0.15) is 0 Å². The van der Waals surface area contributed by atoms with E-state index >= 15 is 0 Å². The van der Waals surface area contributed by atoms with Crippen LogP contribution >= 0.6 is 11.3 Å². The van der Waals surface area contributed by atoms with E-state index in [0.29, 0.717) is 5.91 Å². The third kappa shape index (κ3) is 2.26. The van der Waals surface area contributed by atoms with E-state index < -0.39 is 0 Å². The van der Waals surface area contributed by atoms with Gasteiger partial charge in [0.1, 0.15) is 12.1 Å². The number of hydrogen-bond acceptors (Lipinski definition) is 6. The summed E-state index contributed by atoms with van der Waals surface area (Å²) < 4.78 is 1.14. The third-order valence-electron chi connectivity index (χ3n) is 4.25. The summed E-state index contributed by atoms with van der Waals surface area (Å²) in [6.07, 6.45) is 1.63. The summed E-state index contributed by atoms with van der Waals surface area (Å²) >= 11 is 1.68. The average molecular weight is 303 g/mol. The first-order valence-corrected chi connectivity index (χ1v) is 8.13. The number of fused-ring (bicyclic) bond motifs is 1. The van der Waals surface area contributed by atoms with Gasteiger partial charge in [0.25, 0.3) is 0 Å². The van der Waals surface area contributed by atoms with Gasteiger partial charge in [0, 0.05) is 39.3 Å². The fourth-order valence-electron chi connectivity index (χ4n) is 2.86. The van der Waals surface area contributed by atoms with Crippen molar-refractivity contribution in [3.63, 3.8) is 0 Å². The molecule has 0 unspecified atom stereocenters. The highest BCUT2D eigenvalue weighted by Crippen LogP contribution is 2.28. The smallest absolute Gasteiger partial charge is 0.228 e. The van der Waals surface area contributed by atoms with Gasteiger partial charge in [-0.05, 0) is 11.4 Å². The highest BCUT2D eigenvalue weighted by molar-refractivity contribution is 7.17. The number of thiophene rings is 1. The molecule has 2 aromatic heterocycles. The molecular weight excluding hydrogens is 286 g/mol. The van der Waals surface area contributed by atoms with E-state index in [0.717, 1.165) is 55.3 Å². The quantitative estimate of drug-likeness (QED) is 0.878. The third-order valence-corrected chi connectivity index (χ3v) is 5.15. The lowest BCUT2D eigenvalue weighted by Gasteiger charge is -2.38. The summed E-state index contributed by atoms with van der Waals surface area (Å²) in [7, 11) is 0. The molecule has 110 valence electrons. The largest absolute Gasteiger partial charge is 0.352 e. The van der Waals surface area contributed by atoms with Crippen molar-refractivity contribution in [2.45, 2.75) is 0 Å². The minimum Gasteiger partial charge on any atom is -0.352 e. The zero-order chi connectivity index (χ0) is 14.2. The molecule has 2 aliphatic rings. The van der Waals surface area contributed by atoms with E-state index in [1.54, 1.807) is 17.7 Å². The number of hydrogen-bond donors (Lipinski definition) is 1. The van der Waals surface area contributed by atoms with Gasteiger partial charge < -0.3 is 15.1 Å². The maximum atomic E-state index is 12.2. The minimum atomic E-state index is 0.194. The van der Waals surface area contributed by atoms with Crippen LogP contribution in [0, 0.1) is 5.92 Å². The van der Waals surface area contributed by atoms with E-state index in [1.165, 1.54) is 0 Å². The molecule has 0 aliphatic carbocycles. The van der Waals surface area contributed by atoms with E-state index in [-0.39, 0.29) is 5.92 Å². The normalized spacial score (nSPS) is 19.8. The zero-order valence-electron chi connectivity index (χ0n) is 11.7. The van der Waals surface area contributed by atoms with Gasteiger partial charge >= 0.3 is 0 Å². The summed E-state index contributed by atoms with van der Waals surface area (Å²) in [5.74, 6) is 1.50. The maximum Gasteiger partial charge on any atom is 0.228 e. The first-order chi connectivity index (χ1) is 10.3. The first kappa shape index (κ1) is 13.0. The van der Waals surface area contributed by atoms with Crippen molar-refractivity contribution in [2.75, 3.05) is 44.2 Å². The summed E-state index contributed by atoms with van der Waals surface area (Å²) in [5.41, 5.74) is 1.00. The molecule has 1 amide bonds. The number of aromatic nitrogens is 2. The Morgan fingerprint density at radius 3 is 2.76 bits per heavy atom. The fourth-order valence-corrected chi connectivity index (χ4v) is 3.72. The van der Waals surface area contributed by atoms with Crippen molar-refractivity contribution in [1.82, 2.24) is 20.2 Å². The van der Waals surface area contributed by atoms with Crippen molar-refractivity contribution < 1.29 is 4.79 Å². The summed E-state index contributed by atoms with van der Waals surface area (Å²) in [4.78, 5) is 25.2. The van der Waals surface area contributed by atoms with Gasteiger partial charge in [-0.15, -0.1) is 11.3 Å².